The molecule has 0 unspecified atom stereocenters. The molecule has 7 heteroatoms. The van der Waals surface area contributed by atoms with Gasteiger partial charge in [-0.05, 0) is 18.6 Å². The van der Waals surface area contributed by atoms with E-state index in [0.29, 0.717) is 38.0 Å². The number of anilines is 1. The van der Waals surface area contributed by atoms with Crippen LogP contribution in [0.1, 0.15) is 17.7 Å². The second-order valence-electron chi connectivity index (χ2n) is 7.38. The predicted octanol–water partition coefficient (Wildman–Crippen LogP) is 1.62. The van der Waals surface area contributed by atoms with Gasteiger partial charge in [0, 0.05) is 38.9 Å². The molecule has 4 rings (SSSR count). The highest BCUT2D eigenvalue weighted by Crippen LogP contribution is 2.39. The third-order valence-corrected chi connectivity index (χ3v) is 5.20. The summed E-state index contributed by atoms with van der Waals surface area (Å²) in [7, 11) is 3.86. The highest BCUT2D eigenvalue weighted by Gasteiger charge is 2.46. The molecule has 7 nitrogen and oxygen atoms in total. The Morgan fingerprint density at radius 3 is 2.93 bits per heavy atom. The fourth-order valence-corrected chi connectivity index (χ4v) is 3.75. The van der Waals surface area contributed by atoms with Crippen molar-refractivity contribution in [2.45, 2.75) is 18.4 Å². The second-order valence-corrected chi connectivity index (χ2v) is 7.38. The van der Waals surface area contributed by atoms with Gasteiger partial charge in [0.15, 0.2) is 6.61 Å². The molecule has 1 atom stereocenters. The van der Waals surface area contributed by atoms with Crippen molar-refractivity contribution in [2.75, 3.05) is 45.3 Å². The summed E-state index contributed by atoms with van der Waals surface area (Å²) in [5.74, 6) is 1.38. The van der Waals surface area contributed by atoms with Crippen molar-refractivity contribution >= 4 is 11.9 Å². The van der Waals surface area contributed by atoms with E-state index in [2.05, 4.69) is 4.98 Å². The lowest BCUT2D eigenvalue weighted by Crippen LogP contribution is -2.42. The normalized spacial score (nSPS) is 21.2. The van der Waals surface area contributed by atoms with Gasteiger partial charge in [0.25, 0.3) is 5.91 Å². The Labute approximate surface area is 158 Å². The number of carbonyl (C=O) groups is 1. The van der Waals surface area contributed by atoms with E-state index in [1.54, 1.807) is 0 Å². The highest BCUT2D eigenvalue weighted by atomic mass is 16.5. The Morgan fingerprint density at radius 2 is 2.15 bits per heavy atom. The number of nitrogens with zero attached hydrogens (tertiary/aromatic N) is 4. The molecular weight excluding hydrogens is 344 g/mol. The van der Waals surface area contributed by atoms with Crippen molar-refractivity contribution in [3.63, 3.8) is 0 Å². The lowest BCUT2D eigenvalue weighted by Gasteiger charge is -2.34. The van der Waals surface area contributed by atoms with E-state index in [0.717, 1.165) is 17.7 Å². The molecule has 3 heterocycles. The van der Waals surface area contributed by atoms with Crippen LogP contribution in [-0.4, -0.2) is 61.2 Å². The van der Waals surface area contributed by atoms with Crippen LogP contribution in [0.15, 0.2) is 36.5 Å². The Kier molecular flexibility index (Phi) is 4.70. The van der Waals surface area contributed by atoms with E-state index in [-0.39, 0.29) is 17.9 Å². The average molecular weight is 368 g/mol. The van der Waals surface area contributed by atoms with Crippen LogP contribution in [0.2, 0.25) is 0 Å². The third-order valence-electron chi connectivity index (χ3n) is 5.20. The minimum Gasteiger partial charge on any atom is -0.484 e. The van der Waals surface area contributed by atoms with E-state index in [9.17, 15) is 4.79 Å². The molecule has 0 N–H and O–H groups in total. The summed E-state index contributed by atoms with van der Waals surface area (Å²) >= 11 is 0. The van der Waals surface area contributed by atoms with Gasteiger partial charge in [0.05, 0.1) is 24.3 Å². The van der Waals surface area contributed by atoms with Gasteiger partial charge in [-0.1, -0.05) is 18.2 Å². The van der Waals surface area contributed by atoms with Crippen molar-refractivity contribution in [2.24, 2.45) is 0 Å². The first-order chi connectivity index (χ1) is 13.1. The summed E-state index contributed by atoms with van der Waals surface area (Å²) in [6.45, 7) is 2.42. The lowest BCUT2D eigenvalue weighted by molar-refractivity contribution is -0.132. The summed E-state index contributed by atoms with van der Waals surface area (Å²) in [4.78, 5) is 25.6. The largest absolute Gasteiger partial charge is 0.484 e. The van der Waals surface area contributed by atoms with Gasteiger partial charge in [-0.3, -0.25) is 4.79 Å². The maximum atomic E-state index is 12.7. The van der Waals surface area contributed by atoms with Crippen LogP contribution in [0.3, 0.4) is 0 Å². The molecule has 1 fully saturated rings. The zero-order chi connectivity index (χ0) is 18.9. The first kappa shape index (κ1) is 17.7. The minimum atomic E-state index is -0.260. The molecule has 0 radical (unpaired) electrons. The van der Waals surface area contributed by atoms with Crippen molar-refractivity contribution in [3.05, 3.63) is 47.8 Å². The lowest BCUT2D eigenvalue weighted by atomic mass is 9.80. The summed E-state index contributed by atoms with van der Waals surface area (Å²) in [5, 5.41) is 0. The minimum absolute atomic E-state index is 0.00950. The summed E-state index contributed by atoms with van der Waals surface area (Å²) in [6, 6.07) is 9.41. The van der Waals surface area contributed by atoms with Crippen LogP contribution in [0, 0.1) is 0 Å². The molecule has 142 valence electrons. The highest BCUT2D eigenvalue weighted by molar-refractivity contribution is 5.78. The predicted molar refractivity (Wildman–Crippen MR) is 101 cm³/mol. The number of carbonyl (C=O) groups excluding carboxylic acids is 1. The molecule has 27 heavy (non-hydrogen) atoms. The fourth-order valence-electron chi connectivity index (χ4n) is 3.75. The average Bonchev–Trinajstić information content (AvgIpc) is 3.12. The van der Waals surface area contributed by atoms with Gasteiger partial charge >= 0.3 is 0 Å². The zero-order valence-corrected chi connectivity index (χ0v) is 15.7. The first-order valence-electron chi connectivity index (χ1n) is 9.14. The molecule has 0 saturated carbocycles. The van der Waals surface area contributed by atoms with Crippen molar-refractivity contribution in [1.82, 2.24) is 14.9 Å². The van der Waals surface area contributed by atoms with Crippen LogP contribution in [0.5, 0.6) is 5.75 Å². The Hall–Kier alpha value is -2.67. The Bertz CT molecular complexity index is 827. The topological polar surface area (TPSA) is 67.8 Å². The van der Waals surface area contributed by atoms with Gasteiger partial charge < -0.3 is 19.3 Å². The molecule has 1 saturated heterocycles. The summed E-state index contributed by atoms with van der Waals surface area (Å²) < 4.78 is 11.4. The maximum Gasteiger partial charge on any atom is 0.260 e. The monoisotopic (exact) mass is 368 g/mol. The SMILES string of the molecule is CN(C)c1ncc2c(n1)[C@@]1(CCN(C(=O)COc3ccccc3)C1)COC2. The van der Waals surface area contributed by atoms with E-state index in [4.69, 9.17) is 14.5 Å². The number of likely N-dealkylation sites (tertiary alicyclic amines) is 1. The molecule has 1 aromatic carbocycles. The van der Waals surface area contributed by atoms with E-state index in [1.807, 2.05) is 60.4 Å². The van der Waals surface area contributed by atoms with Gasteiger partial charge in [0.2, 0.25) is 5.95 Å². The van der Waals surface area contributed by atoms with E-state index >= 15 is 0 Å². The summed E-state index contributed by atoms with van der Waals surface area (Å²) in [5.41, 5.74) is 1.78. The van der Waals surface area contributed by atoms with Gasteiger partial charge in [0.1, 0.15) is 5.75 Å². The second kappa shape index (κ2) is 7.15. The number of benzene rings is 1. The van der Waals surface area contributed by atoms with Gasteiger partial charge in [-0.25, -0.2) is 9.97 Å². The van der Waals surface area contributed by atoms with Crippen LogP contribution >= 0.6 is 0 Å². The Morgan fingerprint density at radius 1 is 1.33 bits per heavy atom. The van der Waals surface area contributed by atoms with Crippen molar-refractivity contribution < 1.29 is 14.3 Å². The summed E-state index contributed by atoms with van der Waals surface area (Å²) in [6.07, 6.45) is 2.68. The van der Waals surface area contributed by atoms with E-state index < -0.39 is 0 Å². The van der Waals surface area contributed by atoms with E-state index in [1.165, 1.54) is 0 Å². The number of rotatable bonds is 4. The maximum absolute atomic E-state index is 12.7. The number of amides is 1. The number of para-hydroxylation sites is 1. The zero-order valence-electron chi connectivity index (χ0n) is 15.7. The molecule has 1 amide bonds. The number of ether oxygens (including phenoxy) is 2. The molecule has 1 spiro atoms. The fraction of sp³-hybridized carbons (Fsp3) is 0.450. The molecular formula is C20H24N4O3. The van der Waals surface area contributed by atoms with Crippen molar-refractivity contribution in [3.8, 4) is 5.75 Å². The molecule has 2 aliphatic rings. The van der Waals surface area contributed by atoms with Gasteiger partial charge in [-0.2, -0.15) is 0 Å². The Balaban J connectivity index is 1.49. The number of fused-ring (bicyclic) bond motifs is 2. The standard InChI is InChI=1S/C20H24N4O3/c1-23(2)19-21-10-15-11-26-14-20(18(15)22-19)8-9-24(13-20)17(25)12-27-16-6-4-3-5-7-16/h3-7,10H,8-9,11-14H2,1-2H3/t20-/m1/s1. The van der Waals surface area contributed by atoms with Crippen LogP contribution in [0.25, 0.3) is 0 Å². The molecule has 2 aromatic rings. The molecule has 1 aromatic heterocycles. The van der Waals surface area contributed by atoms with Crippen LogP contribution in [-0.2, 0) is 21.6 Å². The molecule has 0 bridgehead atoms. The molecule has 0 aliphatic carbocycles. The van der Waals surface area contributed by atoms with Crippen molar-refractivity contribution in [1.29, 1.82) is 0 Å². The number of hydrogen-bond donors (Lipinski definition) is 0. The quantitative estimate of drug-likeness (QED) is 0.817. The number of aromatic nitrogens is 2. The van der Waals surface area contributed by atoms with Gasteiger partial charge in [-0.15, -0.1) is 0 Å². The number of hydrogen-bond acceptors (Lipinski definition) is 6. The third kappa shape index (κ3) is 3.47. The van der Waals surface area contributed by atoms with Crippen LogP contribution in [0.4, 0.5) is 5.95 Å². The van der Waals surface area contributed by atoms with Crippen LogP contribution < -0.4 is 9.64 Å². The first-order valence-corrected chi connectivity index (χ1v) is 9.14. The molecule has 2 aliphatic heterocycles. The smallest absolute Gasteiger partial charge is 0.260 e.